The van der Waals surface area contributed by atoms with Gasteiger partial charge in [-0.25, -0.2) is 8.42 Å². The number of ether oxygens (including phenoxy) is 1. The Bertz CT molecular complexity index is 1080. The first-order chi connectivity index (χ1) is 14.4. The molecular weight excluding hydrogens is 400 g/mol. The molecule has 6 nitrogen and oxygen atoms in total. The van der Waals surface area contributed by atoms with E-state index in [9.17, 15) is 13.2 Å². The Morgan fingerprint density at radius 2 is 1.50 bits per heavy atom. The van der Waals surface area contributed by atoms with Crippen molar-refractivity contribution in [2.75, 3.05) is 18.5 Å². The summed E-state index contributed by atoms with van der Waals surface area (Å²) in [6.45, 7) is 0.921. The number of methoxy groups -OCH3 is 1. The van der Waals surface area contributed by atoms with Gasteiger partial charge in [-0.1, -0.05) is 42.5 Å². The van der Waals surface area contributed by atoms with Crippen LogP contribution < -0.4 is 9.62 Å². The predicted molar refractivity (Wildman–Crippen MR) is 117 cm³/mol. The van der Waals surface area contributed by atoms with Gasteiger partial charge in [0.15, 0.2) is 0 Å². The van der Waals surface area contributed by atoms with Gasteiger partial charge in [-0.15, -0.1) is 0 Å². The molecule has 0 heterocycles. The van der Waals surface area contributed by atoms with Crippen molar-refractivity contribution in [3.63, 3.8) is 0 Å². The zero-order valence-electron chi connectivity index (χ0n) is 16.9. The molecule has 0 aliphatic heterocycles. The molecule has 3 aromatic carbocycles. The number of nitrogens with zero attached hydrogens (tertiary/aromatic N) is 1. The van der Waals surface area contributed by atoms with E-state index in [-0.39, 0.29) is 10.8 Å². The van der Waals surface area contributed by atoms with Crippen LogP contribution >= 0.6 is 0 Å². The Hall–Kier alpha value is -3.16. The van der Waals surface area contributed by atoms with Crippen molar-refractivity contribution in [1.29, 1.82) is 0 Å². The van der Waals surface area contributed by atoms with E-state index >= 15 is 0 Å². The summed E-state index contributed by atoms with van der Waals surface area (Å²) in [4.78, 5) is 12.5. The second-order valence-corrected chi connectivity index (χ2v) is 8.73. The second kappa shape index (κ2) is 9.56. The molecule has 0 spiro atoms. The molecule has 0 aromatic heterocycles. The van der Waals surface area contributed by atoms with Gasteiger partial charge in [0.1, 0.15) is 0 Å². The number of para-hydroxylation sites is 1. The van der Waals surface area contributed by atoms with Crippen LogP contribution in [0.4, 0.5) is 5.69 Å². The van der Waals surface area contributed by atoms with E-state index in [4.69, 9.17) is 4.74 Å². The van der Waals surface area contributed by atoms with Crippen molar-refractivity contribution >= 4 is 21.6 Å². The summed E-state index contributed by atoms with van der Waals surface area (Å²) >= 11 is 0. The highest BCUT2D eigenvalue weighted by molar-refractivity contribution is 7.92. The molecule has 156 valence electrons. The fourth-order valence-corrected chi connectivity index (χ4v) is 4.11. The molecule has 0 fully saturated rings. The zero-order valence-corrected chi connectivity index (χ0v) is 17.7. The Balaban J connectivity index is 1.65. The van der Waals surface area contributed by atoms with E-state index in [0.29, 0.717) is 24.4 Å². The van der Waals surface area contributed by atoms with Crippen molar-refractivity contribution in [2.45, 2.75) is 18.0 Å². The number of hydrogen-bond acceptors (Lipinski definition) is 4. The number of amides is 1. The van der Waals surface area contributed by atoms with Gasteiger partial charge in [0.25, 0.3) is 15.9 Å². The minimum absolute atomic E-state index is 0.124. The van der Waals surface area contributed by atoms with Crippen molar-refractivity contribution in [3.05, 3.63) is 95.6 Å². The number of carbonyl (C=O) groups is 1. The monoisotopic (exact) mass is 424 g/mol. The highest BCUT2D eigenvalue weighted by atomic mass is 32.2. The summed E-state index contributed by atoms with van der Waals surface area (Å²) in [5, 5.41) is 2.84. The van der Waals surface area contributed by atoms with E-state index in [1.165, 1.54) is 35.6 Å². The lowest BCUT2D eigenvalue weighted by atomic mass is 10.1. The van der Waals surface area contributed by atoms with Crippen LogP contribution in [0.2, 0.25) is 0 Å². The van der Waals surface area contributed by atoms with Crippen LogP contribution in [0.5, 0.6) is 0 Å². The summed E-state index contributed by atoms with van der Waals surface area (Å²) in [6, 6.07) is 22.5. The van der Waals surface area contributed by atoms with Crippen molar-refractivity contribution in [2.24, 2.45) is 0 Å². The van der Waals surface area contributed by atoms with Gasteiger partial charge in [0.05, 0.1) is 17.2 Å². The summed E-state index contributed by atoms with van der Waals surface area (Å²) in [5.74, 6) is -0.267. The third kappa shape index (κ3) is 5.06. The maximum atomic E-state index is 12.8. The van der Waals surface area contributed by atoms with Gasteiger partial charge in [-0.2, -0.15) is 0 Å². The second-order valence-electron chi connectivity index (χ2n) is 6.76. The summed E-state index contributed by atoms with van der Waals surface area (Å²) < 4.78 is 31.9. The van der Waals surface area contributed by atoms with Crippen LogP contribution in [0.1, 0.15) is 21.5 Å². The van der Waals surface area contributed by atoms with Crippen LogP contribution in [-0.2, 0) is 27.9 Å². The number of nitrogens with one attached hydrogen (secondary N) is 1. The molecular formula is C23H24N2O4S. The van der Waals surface area contributed by atoms with E-state index in [2.05, 4.69) is 5.32 Å². The third-order valence-corrected chi connectivity index (χ3v) is 6.48. The summed E-state index contributed by atoms with van der Waals surface area (Å²) in [6.07, 6.45) is 0. The normalized spacial score (nSPS) is 11.1. The van der Waals surface area contributed by atoms with Crippen LogP contribution in [0, 0.1) is 0 Å². The summed E-state index contributed by atoms with van der Waals surface area (Å²) in [7, 11) is -0.561. The molecule has 1 amide bonds. The van der Waals surface area contributed by atoms with Crippen LogP contribution in [0.15, 0.2) is 83.8 Å². The number of benzene rings is 3. The first-order valence-corrected chi connectivity index (χ1v) is 10.8. The molecule has 0 aliphatic rings. The summed E-state index contributed by atoms with van der Waals surface area (Å²) in [5.41, 5.74) is 2.99. The average molecular weight is 425 g/mol. The Morgan fingerprint density at radius 3 is 2.10 bits per heavy atom. The molecule has 0 aliphatic carbocycles. The molecule has 0 saturated heterocycles. The lowest BCUT2D eigenvalue weighted by molar-refractivity contribution is 0.0951. The first-order valence-electron chi connectivity index (χ1n) is 9.41. The molecule has 1 N–H and O–H groups in total. The SMILES string of the molecule is COCc1ccc(CNC(=O)c2ccc(S(=O)(=O)N(C)c3ccccc3)cc2)cc1. The number of anilines is 1. The molecule has 7 heteroatoms. The zero-order chi connectivity index (χ0) is 21.6. The highest BCUT2D eigenvalue weighted by Crippen LogP contribution is 2.22. The van der Waals surface area contributed by atoms with E-state index in [0.717, 1.165) is 11.1 Å². The third-order valence-electron chi connectivity index (χ3n) is 4.68. The topological polar surface area (TPSA) is 75.7 Å². The molecule has 0 atom stereocenters. The Labute approximate surface area is 177 Å². The van der Waals surface area contributed by atoms with Gasteiger partial charge >= 0.3 is 0 Å². The largest absolute Gasteiger partial charge is 0.380 e. The van der Waals surface area contributed by atoms with Crippen LogP contribution in [0.3, 0.4) is 0 Å². The minimum atomic E-state index is -3.71. The maximum Gasteiger partial charge on any atom is 0.264 e. The highest BCUT2D eigenvalue weighted by Gasteiger charge is 2.21. The predicted octanol–water partition coefficient (Wildman–Crippen LogP) is 3.59. The van der Waals surface area contributed by atoms with Crippen LogP contribution in [-0.4, -0.2) is 28.5 Å². The van der Waals surface area contributed by atoms with E-state index < -0.39 is 10.0 Å². The number of carbonyl (C=O) groups excluding carboxylic acids is 1. The van der Waals surface area contributed by atoms with Gasteiger partial charge in [-0.3, -0.25) is 9.10 Å². The van der Waals surface area contributed by atoms with Crippen LogP contribution in [0.25, 0.3) is 0 Å². The van der Waals surface area contributed by atoms with Gasteiger partial charge in [-0.05, 0) is 47.5 Å². The molecule has 0 bridgehead atoms. The molecule has 3 aromatic rings. The quantitative estimate of drug-likeness (QED) is 0.600. The molecule has 0 radical (unpaired) electrons. The number of sulfonamides is 1. The maximum absolute atomic E-state index is 12.8. The van der Waals surface area contributed by atoms with Gasteiger partial charge in [0.2, 0.25) is 0 Å². The number of rotatable bonds is 8. The number of hydrogen-bond donors (Lipinski definition) is 1. The Morgan fingerprint density at radius 1 is 0.900 bits per heavy atom. The lowest BCUT2D eigenvalue weighted by Crippen LogP contribution is -2.27. The molecule has 0 unspecified atom stereocenters. The first kappa shape index (κ1) is 21.5. The molecule has 3 rings (SSSR count). The van der Waals surface area contributed by atoms with Gasteiger partial charge < -0.3 is 10.1 Å². The fourth-order valence-electron chi connectivity index (χ4n) is 2.92. The average Bonchev–Trinajstić information content (AvgIpc) is 2.78. The Kier molecular flexibility index (Phi) is 6.87. The molecule has 0 saturated carbocycles. The standard InChI is InChI=1S/C23H24N2O4S/c1-25(21-6-4-3-5-7-21)30(27,28)22-14-12-20(13-15-22)23(26)24-16-18-8-10-19(11-9-18)17-29-2/h3-15H,16-17H2,1-2H3,(H,24,26). The van der Waals surface area contributed by atoms with Gasteiger partial charge in [0, 0.05) is 26.3 Å². The smallest absolute Gasteiger partial charge is 0.264 e. The lowest BCUT2D eigenvalue weighted by Gasteiger charge is -2.19. The minimum Gasteiger partial charge on any atom is -0.380 e. The van der Waals surface area contributed by atoms with Crippen molar-refractivity contribution in [1.82, 2.24) is 5.32 Å². The molecule has 30 heavy (non-hydrogen) atoms. The van der Waals surface area contributed by atoms with E-state index in [1.54, 1.807) is 31.4 Å². The van der Waals surface area contributed by atoms with Crippen molar-refractivity contribution < 1.29 is 17.9 Å². The van der Waals surface area contributed by atoms with Crippen molar-refractivity contribution in [3.8, 4) is 0 Å². The fraction of sp³-hybridized carbons (Fsp3) is 0.174. The van der Waals surface area contributed by atoms with E-state index in [1.807, 2.05) is 30.3 Å².